The minimum Gasteiger partial charge on any atom is -0.308 e. The van der Waals surface area contributed by atoms with E-state index in [2.05, 4.69) is 31.3 Å². The lowest BCUT2D eigenvalue weighted by Gasteiger charge is -2.04. The molecule has 0 aliphatic rings. The second kappa shape index (κ2) is 6.00. The van der Waals surface area contributed by atoms with Gasteiger partial charge in [0.25, 0.3) is 0 Å². The summed E-state index contributed by atoms with van der Waals surface area (Å²) in [6.45, 7) is 0. The van der Waals surface area contributed by atoms with Crippen molar-refractivity contribution in [1.29, 1.82) is 0 Å². The molecule has 4 nitrogen and oxygen atoms in total. The molecule has 0 bridgehead atoms. The van der Waals surface area contributed by atoms with Gasteiger partial charge in [-0.1, -0.05) is 6.07 Å². The Morgan fingerprint density at radius 1 is 1.29 bits per heavy atom. The smallest absolute Gasteiger partial charge is 0.139 e. The lowest BCUT2D eigenvalue weighted by molar-refractivity contribution is 1.10. The molecule has 2 rings (SSSR count). The van der Waals surface area contributed by atoms with E-state index in [-0.39, 0.29) is 0 Å². The first kappa shape index (κ1) is 12.3. The summed E-state index contributed by atoms with van der Waals surface area (Å²) in [5.41, 5.74) is 3.63. The molecule has 3 N–H and O–H groups in total. The number of aromatic nitrogens is 2. The van der Waals surface area contributed by atoms with E-state index in [1.807, 2.05) is 24.3 Å². The highest BCUT2D eigenvalue weighted by Crippen LogP contribution is 2.27. The Morgan fingerprint density at radius 2 is 2.18 bits per heavy atom. The van der Waals surface area contributed by atoms with Crippen molar-refractivity contribution in [2.75, 3.05) is 5.43 Å². The van der Waals surface area contributed by atoms with Crippen LogP contribution in [0.3, 0.4) is 0 Å². The summed E-state index contributed by atoms with van der Waals surface area (Å²) in [5, 5.41) is 0.980. The van der Waals surface area contributed by atoms with Crippen molar-refractivity contribution in [2.24, 2.45) is 5.84 Å². The SMILES string of the molecule is NNc1ccc(CSc2ncccc2Br)cn1. The van der Waals surface area contributed by atoms with Crippen molar-refractivity contribution in [1.82, 2.24) is 9.97 Å². The first-order valence-corrected chi connectivity index (χ1v) is 6.72. The van der Waals surface area contributed by atoms with Gasteiger partial charge >= 0.3 is 0 Å². The number of nitrogens with zero attached hydrogens (tertiary/aromatic N) is 2. The number of anilines is 1. The number of nitrogens with two attached hydrogens (primary N) is 1. The van der Waals surface area contributed by atoms with Crippen LogP contribution in [-0.2, 0) is 5.75 Å². The van der Waals surface area contributed by atoms with Gasteiger partial charge in [-0.3, -0.25) is 0 Å². The molecule has 0 atom stereocenters. The molecule has 0 aliphatic carbocycles. The molecule has 17 heavy (non-hydrogen) atoms. The zero-order valence-electron chi connectivity index (χ0n) is 8.93. The summed E-state index contributed by atoms with van der Waals surface area (Å²) in [7, 11) is 0. The van der Waals surface area contributed by atoms with E-state index in [1.54, 1.807) is 24.2 Å². The van der Waals surface area contributed by atoms with Gasteiger partial charge in [-0.2, -0.15) is 0 Å². The van der Waals surface area contributed by atoms with Crippen LogP contribution in [0.4, 0.5) is 5.82 Å². The zero-order chi connectivity index (χ0) is 12.1. The minimum absolute atomic E-state index is 0.665. The molecule has 0 amide bonds. The average Bonchev–Trinajstić information content (AvgIpc) is 2.38. The topological polar surface area (TPSA) is 63.8 Å². The fraction of sp³-hybridized carbons (Fsp3) is 0.0909. The van der Waals surface area contributed by atoms with Crippen molar-refractivity contribution in [2.45, 2.75) is 10.8 Å². The number of rotatable bonds is 4. The summed E-state index contributed by atoms with van der Waals surface area (Å²) in [5.74, 6) is 6.74. The first-order chi connectivity index (χ1) is 8.29. The monoisotopic (exact) mass is 310 g/mol. The Labute approximate surface area is 112 Å². The number of nitrogens with one attached hydrogen (secondary N) is 1. The molecule has 88 valence electrons. The van der Waals surface area contributed by atoms with E-state index >= 15 is 0 Å². The Bertz CT molecular complexity index is 489. The van der Waals surface area contributed by atoms with Crippen LogP contribution in [0.15, 0.2) is 46.2 Å². The summed E-state index contributed by atoms with van der Waals surface area (Å²) < 4.78 is 1.01. The van der Waals surface area contributed by atoms with Gasteiger partial charge in [0.05, 0.1) is 0 Å². The minimum atomic E-state index is 0.665. The van der Waals surface area contributed by atoms with Gasteiger partial charge in [0.1, 0.15) is 10.8 Å². The maximum atomic E-state index is 5.25. The van der Waals surface area contributed by atoms with Crippen LogP contribution in [0.2, 0.25) is 0 Å². The van der Waals surface area contributed by atoms with Gasteiger partial charge in [0.15, 0.2) is 0 Å². The summed E-state index contributed by atoms with van der Waals surface area (Å²) >= 11 is 5.13. The molecule has 6 heteroatoms. The average molecular weight is 311 g/mol. The number of halogens is 1. The molecule has 0 aliphatic heterocycles. The van der Waals surface area contributed by atoms with Crippen LogP contribution in [0, 0.1) is 0 Å². The Balaban J connectivity index is 2.00. The van der Waals surface area contributed by atoms with Crippen LogP contribution < -0.4 is 11.3 Å². The molecule has 0 aromatic carbocycles. The number of hydrogen-bond donors (Lipinski definition) is 2. The van der Waals surface area contributed by atoms with Crippen LogP contribution >= 0.6 is 27.7 Å². The third kappa shape index (κ3) is 3.42. The number of nitrogen functional groups attached to an aromatic ring is 1. The number of hydrazine groups is 1. The second-order valence-corrected chi connectivity index (χ2v) is 5.09. The van der Waals surface area contributed by atoms with Crippen LogP contribution in [0.25, 0.3) is 0 Å². The molecule has 2 aromatic heterocycles. The van der Waals surface area contributed by atoms with Gasteiger partial charge in [-0.15, -0.1) is 11.8 Å². The highest BCUT2D eigenvalue weighted by Gasteiger charge is 2.02. The largest absolute Gasteiger partial charge is 0.308 e. The molecular formula is C11H11BrN4S. The summed E-state index contributed by atoms with van der Waals surface area (Å²) in [6.07, 6.45) is 3.59. The van der Waals surface area contributed by atoms with Gasteiger partial charge < -0.3 is 5.43 Å². The highest BCUT2D eigenvalue weighted by molar-refractivity contribution is 9.10. The van der Waals surface area contributed by atoms with Gasteiger partial charge in [0, 0.05) is 22.6 Å². The molecule has 2 aromatic rings. The summed E-state index contributed by atoms with van der Waals surface area (Å²) in [4.78, 5) is 8.44. The van der Waals surface area contributed by atoms with Crippen molar-refractivity contribution in [3.8, 4) is 0 Å². The standard InChI is InChI=1S/C11H11BrN4S/c12-9-2-1-5-14-11(9)17-7-8-3-4-10(16-13)15-6-8/h1-6H,7,13H2,(H,15,16). The number of hydrogen-bond acceptors (Lipinski definition) is 5. The van der Waals surface area contributed by atoms with E-state index in [0.29, 0.717) is 5.82 Å². The lowest BCUT2D eigenvalue weighted by Crippen LogP contribution is -2.08. The Kier molecular flexibility index (Phi) is 4.36. The number of pyridine rings is 2. The fourth-order valence-corrected chi connectivity index (χ4v) is 2.64. The van der Waals surface area contributed by atoms with E-state index in [9.17, 15) is 0 Å². The molecule has 0 saturated carbocycles. The molecule has 0 fully saturated rings. The fourth-order valence-electron chi connectivity index (χ4n) is 1.22. The molecule has 0 unspecified atom stereocenters. The van der Waals surface area contributed by atoms with E-state index in [0.717, 1.165) is 20.8 Å². The Morgan fingerprint density at radius 3 is 2.82 bits per heavy atom. The van der Waals surface area contributed by atoms with E-state index in [1.165, 1.54) is 0 Å². The maximum Gasteiger partial charge on any atom is 0.139 e. The first-order valence-electron chi connectivity index (χ1n) is 4.94. The van der Waals surface area contributed by atoms with Crippen LogP contribution in [-0.4, -0.2) is 9.97 Å². The predicted octanol–water partition coefficient (Wildman–Crippen LogP) is 2.82. The normalized spacial score (nSPS) is 10.2. The third-order valence-electron chi connectivity index (χ3n) is 2.07. The summed E-state index contributed by atoms with van der Waals surface area (Å²) in [6, 6.07) is 7.72. The second-order valence-electron chi connectivity index (χ2n) is 3.28. The zero-order valence-corrected chi connectivity index (χ0v) is 11.3. The van der Waals surface area contributed by atoms with Gasteiger partial charge in [0.2, 0.25) is 0 Å². The third-order valence-corrected chi connectivity index (χ3v) is 4.05. The van der Waals surface area contributed by atoms with Gasteiger partial charge in [-0.05, 0) is 39.7 Å². The van der Waals surface area contributed by atoms with E-state index < -0.39 is 0 Å². The Hall–Kier alpha value is -1.11. The number of thioether (sulfide) groups is 1. The van der Waals surface area contributed by atoms with Crippen LogP contribution in [0.5, 0.6) is 0 Å². The maximum absolute atomic E-state index is 5.25. The predicted molar refractivity (Wildman–Crippen MR) is 73.5 cm³/mol. The van der Waals surface area contributed by atoms with Crippen molar-refractivity contribution in [3.63, 3.8) is 0 Å². The van der Waals surface area contributed by atoms with E-state index in [4.69, 9.17) is 5.84 Å². The molecular weight excluding hydrogens is 300 g/mol. The molecule has 0 saturated heterocycles. The van der Waals surface area contributed by atoms with Crippen molar-refractivity contribution in [3.05, 3.63) is 46.7 Å². The van der Waals surface area contributed by atoms with Crippen molar-refractivity contribution < 1.29 is 0 Å². The van der Waals surface area contributed by atoms with Crippen LogP contribution in [0.1, 0.15) is 5.56 Å². The molecule has 2 heterocycles. The van der Waals surface area contributed by atoms with Crippen molar-refractivity contribution >= 4 is 33.5 Å². The van der Waals surface area contributed by atoms with Gasteiger partial charge in [-0.25, -0.2) is 15.8 Å². The molecule has 0 radical (unpaired) electrons. The molecule has 0 spiro atoms. The highest BCUT2D eigenvalue weighted by atomic mass is 79.9. The lowest BCUT2D eigenvalue weighted by atomic mass is 10.3. The quantitative estimate of drug-likeness (QED) is 0.516.